The third-order valence-corrected chi connectivity index (χ3v) is 10.0. The first-order valence-corrected chi connectivity index (χ1v) is 19.7. The van der Waals surface area contributed by atoms with Crippen molar-refractivity contribution in [2.75, 3.05) is 42.6 Å². The van der Waals surface area contributed by atoms with E-state index in [1.54, 1.807) is 41.0 Å². The summed E-state index contributed by atoms with van der Waals surface area (Å²) in [4.78, 5) is 28.3. The van der Waals surface area contributed by atoms with Crippen LogP contribution in [-0.4, -0.2) is 75.4 Å². The van der Waals surface area contributed by atoms with Crippen LogP contribution in [0.3, 0.4) is 0 Å². The molecule has 0 radical (unpaired) electrons. The molecule has 0 amide bonds. The monoisotopic (exact) mass is 729 g/mol. The van der Waals surface area contributed by atoms with Gasteiger partial charge in [-0.1, -0.05) is 57.2 Å². The summed E-state index contributed by atoms with van der Waals surface area (Å²) in [5.74, 6) is -2.94. The lowest BCUT2D eigenvalue weighted by Gasteiger charge is -2.25. The number of hydrogen-bond donors (Lipinski definition) is 2. The van der Waals surface area contributed by atoms with Gasteiger partial charge in [0.2, 0.25) is 0 Å². The zero-order chi connectivity index (χ0) is 36.9. The number of rotatable bonds is 14. The third kappa shape index (κ3) is 10.2. The molecular weight excluding hydrogens is 685 g/mol. The van der Waals surface area contributed by atoms with Gasteiger partial charge in [0.05, 0.1) is 23.1 Å². The number of Topliss-reactive ketones (excluding diaryl/α,β-unsaturated/α-hetero) is 1. The Morgan fingerprint density at radius 1 is 0.880 bits per heavy atom. The van der Waals surface area contributed by atoms with E-state index in [1.165, 1.54) is 6.08 Å². The molecule has 0 fully saturated rings. The van der Waals surface area contributed by atoms with E-state index in [0.29, 0.717) is 22.3 Å². The predicted molar refractivity (Wildman–Crippen MR) is 194 cm³/mol. The van der Waals surface area contributed by atoms with Crippen LogP contribution in [0.25, 0.3) is 17.0 Å². The maximum atomic E-state index is 13.3. The molecule has 2 N–H and O–H groups in total. The Kier molecular flexibility index (Phi) is 12.3. The van der Waals surface area contributed by atoms with Gasteiger partial charge in [0.15, 0.2) is 5.78 Å². The number of anilines is 1. The molecule has 0 aliphatic carbocycles. The van der Waals surface area contributed by atoms with Gasteiger partial charge in [-0.2, -0.15) is 21.4 Å². The summed E-state index contributed by atoms with van der Waals surface area (Å²) in [6, 6.07) is 12.8. The van der Waals surface area contributed by atoms with E-state index in [2.05, 4.69) is 25.7 Å². The largest absolute Gasteiger partial charge is 0.425 e. The number of benzene rings is 2. The van der Waals surface area contributed by atoms with E-state index in [1.807, 2.05) is 38.1 Å². The fraction of sp³-hybridized carbons (Fsp3) is 0.417. The van der Waals surface area contributed by atoms with Crippen LogP contribution in [0.1, 0.15) is 68.9 Å². The number of ketones is 1. The van der Waals surface area contributed by atoms with E-state index in [-0.39, 0.29) is 42.9 Å². The van der Waals surface area contributed by atoms with E-state index in [9.17, 15) is 35.5 Å². The number of fused-ring (bicyclic) bond motifs is 2. The number of allylic oxidation sites excluding steroid dienone is 2. The zero-order valence-electron chi connectivity index (χ0n) is 29.0. The highest BCUT2D eigenvalue weighted by Gasteiger charge is 2.34. The molecule has 50 heavy (non-hydrogen) atoms. The van der Waals surface area contributed by atoms with Gasteiger partial charge in [-0.15, -0.1) is 0 Å². The van der Waals surface area contributed by atoms with Crippen molar-refractivity contribution in [3.63, 3.8) is 0 Å². The molecule has 0 bridgehead atoms. The quantitative estimate of drug-likeness (QED) is 0.0578. The number of hydrogen-bond acceptors (Lipinski definition) is 9. The first kappa shape index (κ1) is 38.7. The summed E-state index contributed by atoms with van der Waals surface area (Å²) in [5.41, 5.74) is 3.48. The average molecular weight is 730 g/mol. The summed E-state index contributed by atoms with van der Waals surface area (Å²) in [5, 5.41) is 0.744. The van der Waals surface area contributed by atoms with Gasteiger partial charge in [-0.25, -0.2) is 0 Å². The van der Waals surface area contributed by atoms with E-state index in [4.69, 9.17) is 9.15 Å². The summed E-state index contributed by atoms with van der Waals surface area (Å²) in [6.45, 7) is 11.9. The highest BCUT2D eigenvalue weighted by atomic mass is 32.2. The van der Waals surface area contributed by atoms with Crippen LogP contribution in [0, 0.1) is 5.92 Å². The van der Waals surface area contributed by atoms with Crippen molar-refractivity contribution < 1.29 is 44.7 Å². The van der Waals surface area contributed by atoms with E-state index >= 15 is 0 Å². The van der Waals surface area contributed by atoms with Gasteiger partial charge in [-0.05, 0) is 48.6 Å². The molecule has 0 saturated carbocycles. The Hall–Kier alpha value is -4.11. The predicted octanol–water partition coefficient (Wildman–Crippen LogP) is 4.89. The molecule has 1 aromatic heterocycles. The molecule has 2 aromatic carbocycles. The van der Waals surface area contributed by atoms with Crippen molar-refractivity contribution in [1.82, 2.24) is 4.58 Å². The average Bonchev–Trinajstić information content (AvgIpc) is 3.02. The van der Waals surface area contributed by atoms with Crippen molar-refractivity contribution in [3.05, 3.63) is 82.9 Å². The molecule has 3 aromatic rings. The van der Waals surface area contributed by atoms with Gasteiger partial charge in [0.1, 0.15) is 30.3 Å². The van der Waals surface area contributed by atoms with Gasteiger partial charge < -0.3 is 14.1 Å². The van der Waals surface area contributed by atoms with Crippen LogP contribution in [0.2, 0.25) is 0 Å². The number of ether oxygens (including phenoxy) is 1. The van der Waals surface area contributed by atoms with Crippen LogP contribution in [0.4, 0.5) is 5.69 Å². The third-order valence-electron chi connectivity index (χ3n) is 8.42. The van der Waals surface area contributed by atoms with Crippen LogP contribution in [0.15, 0.2) is 65.1 Å². The second-order valence-electron chi connectivity index (χ2n) is 13.1. The van der Waals surface area contributed by atoms with Crippen molar-refractivity contribution >= 4 is 54.7 Å². The lowest BCUT2D eigenvalue weighted by atomic mass is 9.86. The Labute approximate surface area is 293 Å². The summed E-state index contributed by atoms with van der Waals surface area (Å²) in [7, 11) is -8.48. The van der Waals surface area contributed by atoms with Crippen molar-refractivity contribution in [1.29, 1.82) is 0 Å². The lowest BCUT2D eigenvalue weighted by Crippen LogP contribution is -2.33. The minimum absolute atomic E-state index is 0.0274. The fourth-order valence-corrected chi connectivity index (χ4v) is 6.69. The maximum Gasteiger partial charge on any atom is 0.368 e. The minimum Gasteiger partial charge on any atom is -0.425 e. The fourth-order valence-electron chi connectivity index (χ4n) is 5.70. The van der Waals surface area contributed by atoms with Crippen molar-refractivity contribution in [2.45, 2.75) is 52.9 Å². The molecule has 1 aliphatic rings. The molecule has 12 nitrogen and oxygen atoms in total. The number of carbonyl (C=O) groups excluding carboxylic acids is 2. The first-order valence-electron chi connectivity index (χ1n) is 16.5. The van der Waals surface area contributed by atoms with E-state index in [0.717, 1.165) is 29.7 Å². The van der Waals surface area contributed by atoms with Gasteiger partial charge in [0, 0.05) is 43.1 Å². The summed E-state index contributed by atoms with van der Waals surface area (Å²) in [6.07, 6.45) is 6.57. The van der Waals surface area contributed by atoms with Gasteiger partial charge >= 0.3 is 11.5 Å². The molecular formula is C36H45N2O10S2+. The highest BCUT2D eigenvalue weighted by Crippen LogP contribution is 2.33. The van der Waals surface area contributed by atoms with Crippen LogP contribution < -0.4 is 19.8 Å². The number of esters is 1. The smallest absolute Gasteiger partial charge is 0.368 e. The summed E-state index contributed by atoms with van der Waals surface area (Å²) < 4.78 is 77.7. The minimum atomic E-state index is -4.24. The molecule has 1 aliphatic heterocycles. The molecule has 4 rings (SSSR count). The lowest BCUT2D eigenvalue weighted by molar-refractivity contribution is -0.136. The van der Waals surface area contributed by atoms with Crippen LogP contribution >= 0.6 is 0 Å². The SMILES string of the molecule is CCN(CC)c1ccc2c(c1)OC(=O)C(/C=C/C=C/c1cc(=[N+](CCCS(=O)(=O)O)CCCS(=O)(=O)O)oc3cc(C(C)(C)C)ccc13)C2=O. The van der Waals surface area contributed by atoms with Crippen molar-refractivity contribution in [2.24, 2.45) is 5.92 Å². The Bertz CT molecular complexity index is 2060. The molecule has 2 heterocycles. The summed E-state index contributed by atoms with van der Waals surface area (Å²) >= 11 is 0. The van der Waals surface area contributed by atoms with Gasteiger partial charge in [-0.3, -0.25) is 18.7 Å². The topological polar surface area (TPSA) is 172 Å². The number of carbonyl (C=O) groups is 2. The molecule has 0 spiro atoms. The standard InChI is InChI=1S/C36H44N2O10S2/c1-6-37(7-2)27-15-17-29-32(24-27)48-35(40)30(34(29)39)13-9-8-12-25-22-33(47-31-23-26(36(3,4)5)14-16-28(25)31)38(18-10-20-49(41,42)43)19-11-21-50(44,45)46/h8-9,12-17,22-24,30H,6-7,10-11,18-21H2,1-5H3,(H-,41,42,43,44,45,46)/p+1/b12-8+,13-9+. The Balaban J connectivity index is 1.72. The maximum absolute atomic E-state index is 13.3. The highest BCUT2D eigenvalue weighted by molar-refractivity contribution is 7.86. The molecule has 1 atom stereocenters. The van der Waals surface area contributed by atoms with Crippen LogP contribution in [-0.2, 0) is 30.4 Å². The molecule has 270 valence electrons. The molecule has 1 unspecified atom stereocenters. The van der Waals surface area contributed by atoms with Gasteiger partial charge in [0.25, 0.3) is 20.2 Å². The first-order chi connectivity index (χ1) is 23.4. The van der Waals surface area contributed by atoms with Crippen LogP contribution in [0.5, 0.6) is 5.75 Å². The second kappa shape index (κ2) is 15.8. The van der Waals surface area contributed by atoms with E-state index < -0.39 is 43.6 Å². The number of nitrogens with zero attached hydrogens (tertiary/aromatic N) is 2. The molecule has 14 heteroatoms. The zero-order valence-corrected chi connectivity index (χ0v) is 30.6. The normalized spacial score (nSPS) is 15.5. The Morgan fingerprint density at radius 2 is 1.52 bits per heavy atom. The Morgan fingerprint density at radius 3 is 2.10 bits per heavy atom. The molecule has 0 saturated heterocycles. The van der Waals surface area contributed by atoms with Crippen molar-refractivity contribution in [3.8, 4) is 5.75 Å². The second-order valence-corrected chi connectivity index (χ2v) is 16.3.